The largest absolute Gasteiger partial charge is 0.309 e. The maximum Gasteiger partial charge on any atom is 0.137 e. The molecular formula is C41H79NO. The number of hydrogen-bond donors (Lipinski definition) is 0. The second-order valence-corrected chi connectivity index (χ2v) is 13.8. The lowest BCUT2D eigenvalue weighted by molar-refractivity contribution is -0.123. The van der Waals surface area contributed by atoms with Crippen molar-refractivity contribution in [2.75, 3.05) is 20.6 Å². The van der Waals surface area contributed by atoms with Crippen LogP contribution in [0.2, 0.25) is 0 Å². The van der Waals surface area contributed by atoms with Crippen molar-refractivity contribution in [2.24, 2.45) is 5.92 Å². The molecule has 2 heteroatoms. The zero-order valence-corrected chi connectivity index (χ0v) is 30.2. The van der Waals surface area contributed by atoms with Crippen molar-refractivity contribution in [3.8, 4) is 0 Å². The van der Waals surface area contributed by atoms with Gasteiger partial charge >= 0.3 is 0 Å². The average molecular weight is 602 g/mol. The summed E-state index contributed by atoms with van der Waals surface area (Å²) in [6, 6.07) is 0. The van der Waals surface area contributed by atoms with Crippen LogP contribution in [0, 0.1) is 5.92 Å². The lowest BCUT2D eigenvalue weighted by Gasteiger charge is -2.20. The third-order valence-electron chi connectivity index (χ3n) is 9.04. The molecule has 0 amide bonds. The van der Waals surface area contributed by atoms with E-state index in [4.69, 9.17) is 0 Å². The highest BCUT2D eigenvalue weighted by Crippen LogP contribution is 2.18. The average Bonchev–Trinajstić information content (AvgIpc) is 2.99. The van der Waals surface area contributed by atoms with Crippen LogP contribution in [0.5, 0.6) is 0 Å². The molecule has 0 spiro atoms. The van der Waals surface area contributed by atoms with Gasteiger partial charge in [0.1, 0.15) is 5.78 Å². The first-order chi connectivity index (χ1) is 21.1. The van der Waals surface area contributed by atoms with Gasteiger partial charge in [0, 0.05) is 18.9 Å². The zero-order chi connectivity index (χ0) is 31.5. The molecule has 0 N–H and O–H groups in total. The molecule has 0 aliphatic rings. The minimum atomic E-state index is 0.245. The van der Waals surface area contributed by atoms with Gasteiger partial charge in [0.15, 0.2) is 0 Å². The molecule has 0 aromatic rings. The molecule has 0 rings (SSSR count). The molecule has 0 saturated carbocycles. The van der Waals surface area contributed by atoms with Gasteiger partial charge in [-0.15, -0.1) is 0 Å². The lowest BCUT2D eigenvalue weighted by atomic mass is 9.92. The van der Waals surface area contributed by atoms with E-state index in [-0.39, 0.29) is 5.92 Å². The van der Waals surface area contributed by atoms with Gasteiger partial charge in [-0.25, -0.2) is 0 Å². The Morgan fingerprint density at radius 3 is 1.16 bits per heavy atom. The first kappa shape index (κ1) is 42.1. The number of hydrogen-bond acceptors (Lipinski definition) is 2. The minimum Gasteiger partial charge on any atom is -0.309 e. The van der Waals surface area contributed by atoms with E-state index in [9.17, 15) is 4.79 Å². The van der Waals surface area contributed by atoms with Gasteiger partial charge in [-0.2, -0.15) is 0 Å². The number of Topliss-reactive ketones (excluding diaryl/α,β-unsaturated/α-hetero) is 1. The zero-order valence-electron chi connectivity index (χ0n) is 30.2. The van der Waals surface area contributed by atoms with Crippen LogP contribution in [0.3, 0.4) is 0 Å². The Hall–Kier alpha value is -0.890. The molecule has 0 heterocycles. The standard InChI is InChI=1S/C41H79NO/c1-5-7-9-11-13-15-17-19-21-23-25-27-29-31-33-35-37-40(39-42(3)4)41(43)38-36-34-32-30-28-26-24-22-20-18-16-14-12-10-8-6-2/h19-22,40H,5-18,23-39H2,1-4H3/b21-19-,22-20-. The van der Waals surface area contributed by atoms with Crippen LogP contribution in [0.15, 0.2) is 24.3 Å². The molecule has 43 heavy (non-hydrogen) atoms. The van der Waals surface area contributed by atoms with E-state index in [1.165, 1.54) is 173 Å². The summed E-state index contributed by atoms with van der Waals surface area (Å²) in [5, 5.41) is 0. The van der Waals surface area contributed by atoms with Gasteiger partial charge in [0.2, 0.25) is 0 Å². The van der Waals surface area contributed by atoms with Crippen molar-refractivity contribution < 1.29 is 4.79 Å². The predicted molar refractivity (Wildman–Crippen MR) is 195 cm³/mol. The molecule has 1 atom stereocenters. The van der Waals surface area contributed by atoms with Gasteiger partial charge in [-0.1, -0.05) is 160 Å². The number of rotatable bonds is 35. The monoisotopic (exact) mass is 602 g/mol. The van der Waals surface area contributed by atoms with E-state index in [1.807, 2.05) is 0 Å². The molecule has 0 saturated heterocycles. The van der Waals surface area contributed by atoms with Crippen LogP contribution in [-0.2, 0) is 4.79 Å². The van der Waals surface area contributed by atoms with E-state index in [1.54, 1.807) is 0 Å². The van der Waals surface area contributed by atoms with Crippen LogP contribution in [0.25, 0.3) is 0 Å². The summed E-state index contributed by atoms with van der Waals surface area (Å²) in [5.41, 5.74) is 0. The Kier molecular flexibility index (Phi) is 34.9. The summed E-state index contributed by atoms with van der Waals surface area (Å²) < 4.78 is 0. The molecule has 0 bridgehead atoms. The van der Waals surface area contributed by atoms with E-state index in [0.29, 0.717) is 5.78 Å². The van der Waals surface area contributed by atoms with Gasteiger partial charge in [-0.3, -0.25) is 4.79 Å². The van der Waals surface area contributed by atoms with E-state index in [0.717, 1.165) is 25.8 Å². The number of allylic oxidation sites excluding steroid dienone is 4. The predicted octanol–water partition coefficient (Wildman–Crippen LogP) is 13.6. The third kappa shape index (κ3) is 33.8. The highest BCUT2D eigenvalue weighted by Gasteiger charge is 2.18. The van der Waals surface area contributed by atoms with Gasteiger partial charge in [0.25, 0.3) is 0 Å². The lowest BCUT2D eigenvalue weighted by Crippen LogP contribution is -2.28. The topological polar surface area (TPSA) is 20.3 Å². The van der Waals surface area contributed by atoms with Crippen molar-refractivity contribution in [3.63, 3.8) is 0 Å². The van der Waals surface area contributed by atoms with E-state index < -0.39 is 0 Å². The van der Waals surface area contributed by atoms with Crippen molar-refractivity contribution in [1.29, 1.82) is 0 Å². The Morgan fingerprint density at radius 1 is 0.465 bits per heavy atom. The molecule has 0 radical (unpaired) electrons. The Labute approximate surface area is 272 Å². The van der Waals surface area contributed by atoms with Crippen molar-refractivity contribution in [2.45, 2.75) is 206 Å². The first-order valence-corrected chi connectivity index (χ1v) is 19.6. The summed E-state index contributed by atoms with van der Waals surface area (Å²) in [7, 11) is 4.23. The summed E-state index contributed by atoms with van der Waals surface area (Å²) in [6.45, 7) is 5.50. The van der Waals surface area contributed by atoms with Crippen LogP contribution in [0.1, 0.15) is 206 Å². The van der Waals surface area contributed by atoms with Crippen LogP contribution >= 0.6 is 0 Å². The Morgan fingerprint density at radius 2 is 0.791 bits per heavy atom. The highest BCUT2D eigenvalue weighted by molar-refractivity contribution is 5.81. The smallest absolute Gasteiger partial charge is 0.137 e. The summed E-state index contributed by atoms with van der Waals surface area (Å²) in [5.74, 6) is 0.770. The number of unbranched alkanes of at least 4 members (excludes halogenated alkanes) is 24. The normalized spacial score (nSPS) is 12.8. The number of ketones is 1. The highest BCUT2D eigenvalue weighted by atomic mass is 16.1. The van der Waals surface area contributed by atoms with Crippen LogP contribution in [0.4, 0.5) is 0 Å². The molecule has 0 aromatic carbocycles. The maximum atomic E-state index is 13.0. The second kappa shape index (κ2) is 35.6. The SMILES string of the molecule is CCCCCCCC/C=C\CCCCCCCCC(=O)C(CCCCCCCC/C=C\CCCCCCCC)CN(C)C. The molecule has 0 fully saturated rings. The van der Waals surface area contributed by atoms with E-state index >= 15 is 0 Å². The van der Waals surface area contributed by atoms with Crippen molar-refractivity contribution >= 4 is 5.78 Å². The second-order valence-electron chi connectivity index (χ2n) is 13.8. The van der Waals surface area contributed by atoms with Gasteiger partial charge in [-0.05, 0) is 78.3 Å². The minimum absolute atomic E-state index is 0.245. The van der Waals surface area contributed by atoms with Gasteiger partial charge < -0.3 is 4.90 Å². The Bertz CT molecular complexity index is 607. The molecule has 0 aliphatic heterocycles. The molecule has 2 nitrogen and oxygen atoms in total. The number of nitrogens with zero attached hydrogens (tertiary/aromatic N) is 1. The van der Waals surface area contributed by atoms with Gasteiger partial charge in [0.05, 0.1) is 0 Å². The molecule has 254 valence electrons. The fraction of sp³-hybridized carbons (Fsp3) is 0.878. The molecular weight excluding hydrogens is 522 g/mol. The number of carbonyl (C=O) groups is 1. The third-order valence-corrected chi connectivity index (χ3v) is 9.04. The fourth-order valence-corrected chi connectivity index (χ4v) is 6.18. The van der Waals surface area contributed by atoms with Crippen molar-refractivity contribution in [1.82, 2.24) is 4.90 Å². The molecule has 1 unspecified atom stereocenters. The Balaban J connectivity index is 3.69. The molecule has 0 aliphatic carbocycles. The van der Waals surface area contributed by atoms with Crippen LogP contribution < -0.4 is 0 Å². The van der Waals surface area contributed by atoms with Crippen molar-refractivity contribution in [3.05, 3.63) is 24.3 Å². The first-order valence-electron chi connectivity index (χ1n) is 19.6. The summed E-state index contributed by atoms with van der Waals surface area (Å²) in [4.78, 5) is 15.2. The fourth-order valence-electron chi connectivity index (χ4n) is 6.18. The summed E-state index contributed by atoms with van der Waals surface area (Å²) >= 11 is 0. The quantitative estimate of drug-likeness (QED) is 0.0532. The maximum absolute atomic E-state index is 13.0. The number of carbonyl (C=O) groups excluding carboxylic acids is 1. The summed E-state index contributed by atoms with van der Waals surface area (Å²) in [6.07, 6.45) is 48.8. The van der Waals surface area contributed by atoms with E-state index in [2.05, 4.69) is 57.1 Å². The molecule has 0 aromatic heterocycles. The van der Waals surface area contributed by atoms with Crippen LogP contribution in [-0.4, -0.2) is 31.3 Å².